The molecule has 1 saturated heterocycles. The fourth-order valence-electron chi connectivity index (χ4n) is 2.92. The molecule has 0 radical (unpaired) electrons. The zero-order valence-corrected chi connectivity index (χ0v) is 19.3. The van der Waals surface area contributed by atoms with Crippen molar-refractivity contribution >= 4 is 74.3 Å². The minimum Gasteiger partial charge on any atom is -0.300 e. The molecule has 9 heteroatoms. The van der Waals surface area contributed by atoms with Crippen LogP contribution in [0.3, 0.4) is 0 Å². The zero-order valence-electron chi connectivity index (χ0n) is 16.1. The van der Waals surface area contributed by atoms with Gasteiger partial charge in [0.05, 0.1) is 4.91 Å². The Balaban J connectivity index is 1.38. The SMILES string of the molecule is O=C(CN1C(=O)/C(=C\c2ccccc2Cl)SC1=S)Nc1ncc(Cc2ccccc2)s1. The van der Waals surface area contributed by atoms with Crippen LogP contribution in [0.4, 0.5) is 5.13 Å². The van der Waals surface area contributed by atoms with Crippen LogP contribution in [0.5, 0.6) is 0 Å². The molecule has 156 valence electrons. The predicted molar refractivity (Wildman–Crippen MR) is 131 cm³/mol. The van der Waals surface area contributed by atoms with Crippen LogP contribution in [-0.2, 0) is 16.0 Å². The van der Waals surface area contributed by atoms with Crippen LogP contribution < -0.4 is 5.32 Å². The molecule has 31 heavy (non-hydrogen) atoms. The van der Waals surface area contributed by atoms with Gasteiger partial charge in [-0.15, -0.1) is 11.3 Å². The molecule has 0 bridgehead atoms. The molecule has 1 aliphatic rings. The number of hydrogen-bond donors (Lipinski definition) is 1. The molecule has 0 unspecified atom stereocenters. The van der Waals surface area contributed by atoms with Crippen LogP contribution in [0.2, 0.25) is 5.02 Å². The van der Waals surface area contributed by atoms with E-state index < -0.39 is 0 Å². The Morgan fingerprint density at radius 3 is 2.68 bits per heavy atom. The molecule has 0 aliphatic carbocycles. The Hall–Kier alpha value is -2.52. The highest BCUT2D eigenvalue weighted by molar-refractivity contribution is 8.26. The summed E-state index contributed by atoms with van der Waals surface area (Å²) < 4.78 is 0.336. The number of thioether (sulfide) groups is 1. The zero-order chi connectivity index (χ0) is 21.8. The average Bonchev–Trinajstić information content (AvgIpc) is 3.29. The van der Waals surface area contributed by atoms with Gasteiger partial charge in [0, 0.05) is 22.5 Å². The number of halogens is 1. The summed E-state index contributed by atoms with van der Waals surface area (Å²) in [4.78, 5) is 32.3. The molecule has 0 atom stereocenters. The number of amides is 2. The molecule has 2 amide bonds. The second-order valence-electron chi connectivity index (χ2n) is 6.63. The third kappa shape index (κ3) is 5.40. The summed E-state index contributed by atoms with van der Waals surface area (Å²) in [5, 5.41) is 3.79. The van der Waals surface area contributed by atoms with Crippen LogP contribution in [0, 0.1) is 0 Å². The number of benzene rings is 2. The van der Waals surface area contributed by atoms with Gasteiger partial charge >= 0.3 is 0 Å². The van der Waals surface area contributed by atoms with Crippen molar-refractivity contribution in [3.8, 4) is 0 Å². The van der Waals surface area contributed by atoms with E-state index in [0.29, 0.717) is 19.4 Å². The number of rotatable bonds is 6. The van der Waals surface area contributed by atoms with E-state index in [-0.39, 0.29) is 18.4 Å². The molecule has 1 aliphatic heterocycles. The van der Waals surface area contributed by atoms with Crippen molar-refractivity contribution in [2.45, 2.75) is 6.42 Å². The lowest BCUT2D eigenvalue weighted by Gasteiger charge is -2.13. The van der Waals surface area contributed by atoms with Gasteiger partial charge in [-0.3, -0.25) is 14.5 Å². The van der Waals surface area contributed by atoms with Gasteiger partial charge in [0.25, 0.3) is 5.91 Å². The number of aromatic nitrogens is 1. The molecule has 5 nitrogen and oxygen atoms in total. The van der Waals surface area contributed by atoms with E-state index in [4.69, 9.17) is 23.8 Å². The van der Waals surface area contributed by atoms with Gasteiger partial charge in [0.2, 0.25) is 5.91 Å². The fourth-order valence-corrected chi connectivity index (χ4v) is 5.22. The molecule has 1 aromatic heterocycles. The molecule has 2 heterocycles. The van der Waals surface area contributed by atoms with Crippen LogP contribution in [-0.4, -0.2) is 32.6 Å². The molecule has 4 rings (SSSR count). The summed E-state index contributed by atoms with van der Waals surface area (Å²) in [5.74, 6) is -0.662. The van der Waals surface area contributed by atoms with Gasteiger partial charge < -0.3 is 5.32 Å². The van der Waals surface area contributed by atoms with E-state index in [0.717, 1.165) is 28.6 Å². The van der Waals surface area contributed by atoms with Gasteiger partial charge in [-0.1, -0.05) is 84.1 Å². The first-order valence-electron chi connectivity index (χ1n) is 9.28. The number of anilines is 1. The molecule has 0 saturated carbocycles. The molecular formula is C22H16ClN3O2S3. The van der Waals surface area contributed by atoms with Crippen molar-refractivity contribution in [1.82, 2.24) is 9.88 Å². The Morgan fingerprint density at radius 2 is 1.90 bits per heavy atom. The lowest BCUT2D eigenvalue weighted by atomic mass is 10.1. The number of nitrogens with one attached hydrogen (secondary N) is 1. The second kappa shape index (κ2) is 9.74. The van der Waals surface area contributed by atoms with E-state index in [2.05, 4.69) is 10.3 Å². The van der Waals surface area contributed by atoms with E-state index in [1.165, 1.54) is 21.8 Å². The Morgan fingerprint density at radius 1 is 1.16 bits per heavy atom. The number of nitrogens with zero attached hydrogens (tertiary/aromatic N) is 2. The molecule has 3 aromatic rings. The summed E-state index contributed by atoms with van der Waals surface area (Å²) in [6.45, 7) is -0.169. The summed E-state index contributed by atoms with van der Waals surface area (Å²) >= 11 is 14.0. The maximum atomic E-state index is 12.7. The van der Waals surface area contributed by atoms with E-state index in [1.807, 2.05) is 48.5 Å². The van der Waals surface area contributed by atoms with E-state index in [1.54, 1.807) is 18.3 Å². The van der Waals surface area contributed by atoms with Crippen LogP contribution in [0.1, 0.15) is 16.0 Å². The monoisotopic (exact) mass is 485 g/mol. The maximum Gasteiger partial charge on any atom is 0.266 e. The van der Waals surface area contributed by atoms with Gasteiger partial charge in [-0.25, -0.2) is 4.98 Å². The van der Waals surface area contributed by atoms with Crippen molar-refractivity contribution in [3.63, 3.8) is 0 Å². The largest absolute Gasteiger partial charge is 0.300 e. The van der Waals surface area contributed by atoms with Crippen molar-refractivity contribution in [1.29, 1.82) is 0 Å². The van der Waals surface area contributed by atoms with Gasteiger partial charge in [-0.05, 0) is 23.3 Å². The number of carbonyl (C=O) groups excluding carboxylic acids is 2. The molecule has 0 spiro atoms. The minimum atomic E-state index is -0.351. The summed E-state index contributed by atoms with van der Waals surface area (Å²) in [7, 11) is 0. The second-order valence-corrected chi connectivity index (χ2v) is 9.83. The Kier molecular flexibility index (Phi) is 6.82. The standard InChI is InChI=1S/C22H16ClN3O2S3/c23-17-9-5-4-8-15(17)11-18-20(28)26(22(29)31-18)13-19(27)25-21-24-12-16(30-21)10-14-6-2-1-3-7-14/h1-9,11-12H,10,13H2,(H,24,25,27)/b18-11+. The first kappa shape index (κ1) is 21.7. The third-order valence-electron chi connectivity index (χ3n) is 4.39. The van der Waals surface area contributed by atoms with Crippen molar-refractivity contribution in [3.05, 3.63) is 86.7 Å². The third-order valence-corrected chi connectivity index (χ3v) is 7.02. The highest BCUT2D eigenvalue weighted by Crippen LogP contribution is 2.33. The van der Waals surface area contributed by atoms with Gasteiger partial charge in [-0.2, -0.15) is 0 Å². The average molecular weight is 486 g/mol. The molecule has 1 fully saturated rings. The molecule has 2 aromatic carbocycles. The minimum absolute atomic E-state index is 0.169. The van der Waals surface area contributed by atoms with E-state index >= 15 is 0 Å². The number of carbonyl (C=O) groups is 2. The quantitative estimate of drug-likeness (QED) is 0.382. The van der Waals surface area contributed by atoms with Crippen LogP contribution in [0.25, 0.3) is 6.08 Å². The van der Waals surface area contributed by atoms with Crippen molar-refractivity contribution < 1.29 is 9.59 Å². The Labute approximate surface area is 198 Å². The lowest BCUT2D eigenvalue weighted by Crippen LogP contribution is -2.36. The normalized spacial score (nSPS) is 15.0. The first-order valence-corrected chi connectivity index (χ1v) is 11.7. The number of hydrogen-bond acceptors (Lipinski definition) is 6. The van der Waals surface area contributed by atoms with Gasteiger partial charge in [0.15, 0.2) is 5.13 Å². The lowest BCUT2D eigenvalue weighted by molar-refractivity contribution is -0.126. The maximum absolute atomic E-state index is 12.7. The fraction of sp³-hybridized carbons (Fsp3) is 0.0909. The van der Waals surface area contributed by atoms with Crippen LogP contribution in [0.15, 0.2) is 65.7 Å². The summed E-state index contributed by atoms with van der Waals surface area (Å²) in [6.07, 6.45) is 4.19. The highest BCUT2D eigenvalue weighted by atomic mass is 35.5. The topological polar surface area (TPSA) is 62.3 Å². The Bertz CT molecular complexity index is 1180. The van der Waals surface area contributed by atoms with Gasteiger partial charge in [0.1, 0.15) is 10.9 Å². The van der Waals surface area contributed by atoms with E-state index in [9.17, 15) is 9.59 Å². The summed E-state index contributed by atoms with van der Waals surface area (Å²) in [6, 6.07) is 17.3. The molecular weight excluding hydrogens is 470 g/mol. The predicted octanol–water partition coefficient (Wildman–Crippen LogP) is 5.23. The number of thiocarbonyl (C=S) groups is 1. The first-order chi connectivity index (χ1) is 15.0. The van der Waals surface area contributed by atoms with Crippen LogP contribution >= 0.6 is 46.9 Å². The summed E-state index contributed by atoms with van der Waals surface area (Å²) in [5.41, 5.74) is 1.90. The van der Waals surface area contributed by atoms with Crippen molar-refractivity contribution in [2.24, 2.45) is 0 Å². The molecule has 1 N–H and O–H groups in total. The van der Waals surface area contributed by atoms with Crippen molar-refractivity contribution in [2.75, 3.05) is 11.9 Å². The highest BCUT2D eigenvalue weighted by Gasteiger charge is 2.33. The smallest absolute Gasteiger partial charge is 0.266 e. The number of thiazole rings is 1.